The molecule has 0 unspecified atom stereocenters. The molecule has 5 nitrogen and oxygen atoms in total. The highest BCUT2D eigenvalue weighted by Gasteiger charge is 2.21. The first-order chi connectivity index (χ1) is 11.3. The minimum Gasteiger partial charge on any atom is -0.493 e. The molecule has 1 aromatic carbocycles. The van der Waals surface area contributed by atoms with Crippen LogP contribution in [-0.4, -0.2) is 22.7 Å². The van der Waals surface area contributed by atoms with Gasteiger partial charge in [0.15, 0.2) is 5.69 Å². The molecule has 23 heavy (non-hydrogen) atoms. The normalized spacial score (nSPS) is 16.2. The molecular formula is C18H21N3O2. The summed E-state index contributed by atoms with van der Waals surface area (Å²) in [6.07, 6.45) is 6.36. The Balaban J connectivity index is 1.44. The molecule has 0 saturated carbocycles. The Hall–Kier alpha value is -2.30. The predicted octanol–water partition coefficient (Wildman–Crippen LogP) is 2.54. The maximum absolute atomic E-state index is 12.4. The van der Waals surface area contributed by atoms with Gasteiger partial charge in [0.2, 0.25) is 0 Å². The summed E-state index contributed by atoms with van der Waals surface area (Å²) in [7, 11) is 0. The summed E-state index contributed by atoms with van der Waals surface area (Å²) in [5.41, 5.74) is 5.15. The number of hydrogen-bond donors (Lipinski definition) is 2. The lowest BCUT2D eigenvalue weighted by atomic mass is 9.96. The predicted molar refractivity (Wildman–Crippen MR) is 86.7 cm³/mol. The number of aromatic amines is 1. The van der Waals surface area contributed by atoms with Gasteiger partial charge in [0, 0.05) is 17.8 Å². The van der Waals surface area contributed by atoms with Crippen molar-refractivity contribution in [3.05, 3.63) is 46.3 Å². The number of benzene rings is 1. The van der Waals surface area contributed by atoms with E-state index in [1.807, 2.05) is 12.1 Å². The number of H-pyrrole nitrogens is 1. The molecule has 0 bridgehead atoms. The van der Waals surface area contributed by atoms with E-state index in [1.54, 1.807) is 0 Å². The molecule has 0 spiro atoms. The summed E-state index contributed by atoms with van der Waals surface area (Å²) in [6.45, 7) is 1.32. The van der Waals surface area contributed by atoms with Gasteiger partial charge in [0.05, 0.1) is 6.61 Å². The summed E-state index contributed by atoms with van der Waals surface area (Å²) < 4.78 is 5.62. The first-order valence-electron chi connectivity index (χ1n) is 8.40. The van der Waals surface area contributed by atoms with E-state index in [9.17, 15) is 4.79 Å². The minimum absolute atomic E-state index is 0.0848. The van der Waals surface area contributed by atoms with E-state index in [0.29, 0.717) is 12.2 Å². The first-order valence-corrected chi connectivity index (χ1v) is 8.40. The zero-order valence-electron chi connectivity index (χ0n) is 13.2. The second-order valence-corrected chi connectivity index (χ2v) is 6.31. The average Bonchev–Trinajstić information content (AvgIpc) is 3.03. The third-order valence-corrected chi connectivity index (χ3v) is 4.70. The highest BCUT2D eigenvalue weighted by Crippen LogP contribution is 2.26. The summed E-state index contributed by atoms with van der Waals surface area (Å²) in [4.78, 5) is 12.4. The van der Waals surface area contributed by atoms with Crippen LogP contribution in [0.4, 0.5) is 0 Å². The number of aromatic nitrogens is 2. The van der Waals surface area contributed by atoms with E-state index in [0.717, 1.165) is 61.3 Å². The molecule has 4 rings (SSSR count). The van der Waals surface area contributed by atoms with Crippen LogP contribution in [0, 0.1) is 0 Å². The zero-order valence-corrected chi connectivity index (χ0v) is 13.2. The van der Waals surface area contributed by atoms with Gasteiger partial charge in [0.25, 0.3) is 5.91 Å². The largest absolute Gasteiger partial charge is 0.493 e. The Morgan fingerprint density at radius 2 is 2.13 bits per heavy atom. The van der Waals surface area contributed by atoms with Gasteiger partial charge in [-0.25, -0.2) is 0 Å². The Morgan fingerprint density at radius 3 is 3.09 bits per heavy atom. The number of aryl methyl sites for hydroxylation is 2. The van der Waals surface area contributed by atoms with E-state index in [-0.39, 0.29) is 5.91 Å². The van der Waals surface area contributed by atoms with Crippen molar-refractivity contribution in [2.45, 2.75) is 45.1 Å². The van der Waals surface area contributed by atoms with Crippen LogP contribution >= 0.6 is 0 Å². The van der Waals surface area contributed by atoms with E-state index in [1.165, 1.54) is 12.0 Å². The van der Waals surface area contributed by atoms with E-state index in [4.69, 9.17) is 4.74 Å². The second kappa shape index (κ2) is 6.07. The highest BCUT2D eigenvalue weighted by atomic mass is 16.5. The van der Waals surface area contributed by atoms with Gasteiger partial charge in [-0.1, -0.05) is 12.1 Å². The molecule has 0 saturated heterocycles. The summed E-state index contributed by atoms with van der Waals surface area (Å²) in [6, 6.07) is 6.16. The lowest BCUT2D eigenvalue weighted by molar-refractivity contribution is 0.0945. The number of carbonyl (C=O) groups excluding carboxylic acids is 1. The van der Waals surface area contributed by atoms with Crippen LogP contribution in [-0.2, 0) is 25.8 Å². The fourth-order valence-electron chi connectivity index (χ4n) is 3.46. The van der Waals surface area contributed by atoms with Gasteiger partial charge >= 0.3 is 0 Å². The molecule has 5 heteroatoms. The molecule has 0 fully saturated rings. The van der Waals surface area contributed by atoms with Crippen LogP contribution in [0.1, 0.15) is 52.1 Å². The number of ether oxygens (including phenoxy) is 1. The SMILES string of the molecule is O=C(NCc1ccc2c(c1)CCCO2)c1n[nH]c2c1CCCC2. The maximum Gasteiger partial charge on any atom is 0.272 e. The zero-order chi connectivity index (χ0) is 15.6. The summed E-state index contributed by atoms with van der Waals surface area (Å²) in [5.74, 6) is 0.895. The Bertz CT molecular complexity index is 736. The third kappa shape index (κ3) is 2.83. The van der Waals surface area contributed by atoms with Crippen molar-refractivity contribution >= 4 is 5.91 Å². The van der Waals surface area contributed by atoms with Crippen molar-refractivity contribution in [2.75, 3.05) is 6.61 Å². The molecule has 2 aromatic rings. The fourth-order valence-corrected chi connectivity index (χ4v) is 3.46. The average molecular weight is 311 g/mol. The van der Waals surface area contributed by atoms with Crippen molar-refractivity contribution in [1.29, 1.82) is 0 Å². The molecule has 1 aromatic heterocycles. The van der Waals surface area contributed by atoms with Gasteiger partial charge in [-0.2, -0.15) is 5.10 Å². The second-order valence-electron chi connectivity index (χ2n) is 6.31. The molecule has 120 valence electrons. The Labute approximate surface area is 135 Å². The van der Waals surface area contributed by atoms with Gasteiger partial charge in [-0.3, -0.25) is 9.89 Å². The van der Waals surface area contributed by atoms with Gasteiger partial charge in [0.1, 0.15) is 5.75 Å². The molecule has 2 N–H and O–H groups in total. The number of nitrogens with zero attached hydrogens (tertiary/aromatic N) is 1. The maximum atomic E-state index is 12.4. The number of carbonyl (C=O) groups is 1. The molecule has 1 amide bonds. The van der Waals surface area contributed by atoms with Crippen LogP contribution in [0.2, 0.25) is 0 Å². The van der Waals surface area contributed by atoms with Crippen LogP contribution in [0.3, 0.4) is 0 Å². The van der Waals surface area contributed by atoms with Crippen LogP contribution < -0.4 is 10.1 Å². The highest BCUT2D eigenvalue weighted by molar-refractivity contribution is 5.94. The van der Waals surface area contributed by atoms with Crippen molar-refractivity contribution in [1.82, 2.24) is 15.5 Å². The van der Waals surface area contributed by atoms with Crippen LogP contribution in [0.25, 0.3) is 0 Å². The monoisotopic (exact) mass is 311 g/mol. The van der Waals surface area contributed by atoms with E-state index < -0.39 is 0 Å². The first kappa shape index (κ1) is 14.3. The van der Waals surface area contributed by atoms with Crippen molar-refractivity contribution in [3.8, 4) is 5.75 Å². The quantitative estimate of drug-likeness (QED) is 0.915. The number of hydrogen-bond acceptors (Lipinski definition) is 3. The van der Waals surface area contributed by atoms with Crippen molar-refractivity contribution in [2.24, 2.45) is 0 Å². The summed E-state index contributed by atoms with van der Waals surface area (Å²) in [5, 5.41) is 10.2. The molecule has 0 atom stereocenters. The Kier molecular flexibility index (Phi) is 3.77. The molecule has 0 radical (unpaired) electrons. The van der Waals surface area contributed by atoms with Gasteiger partial charge in [-0.05, 0) is 55.7 Å². The van der Waals surface area contributed by atoms with E-state index >= 15 is 0 Å². The van der Waals surface area contributed by atoms with Crippen LogP contribution in [0.15, 0.2) is 18.2 Å². The number of nitrogens with one attached hydrogen (secondary N) is 2. The fraction of sp³-hybridized carbons (Fsp3) is 0.444. The lowest BCUT2D eigenvalue weighted by Gasteiger charge is -2.18. The van der Waals surface area contributed by atoms with E-state index in [2.05, 4.69) is 21.6 Å². The van der Waals surface area contributed by atoms with Gasteiger partial charge in [-0.15, -0.1) is 0 Å². The molecule has 1 aliphatic heterocycles. The standard InChI is InChI=1S/C18H21N3O2/c22-18(17-14-5-1-2-6-15(14)20-21-17)19-11-12-7-8-16-13(10-12)4-3-9-23-16/h7-8,10H,1-6,9,11H2,(H,19,22)(H,20,21). The van der Waals surface area contributed by atoms with Crippen molar-refractivity contribution < 1.29 is 9.53 Å². The Morgan fingerprint density at radius 1 is 1.22 bits per heavy atom. The smallest absolute Gasteiger partial charge is 0.272 e. The minimum atomic E-state index is -0.0848. The lowest BCUT2D eigenvalue weighted by Crippen LogP contribution is -2.25. The number of amides is 1. The summed E-state index contributed by atoms with van der Waals surface area (Å²) >= 11 is 0. The van der Waals surface area contributed by atoms with Crippen molar-refractivity contribution in [3.63, 3.8) is 0 Å². The van der Waals surface area contributed by atoms with Gasteiger partial charge < -0.3 is 10.1 Å². The molecule has 2 aliphatic rings. The molecule has 2 heterocycles. The molecule has 1 aliphatic carbocycles. The van der Waals surface area contributed by atoms with Crippen LogP contribution in [0.5, 0.6) is 5.75 Å². The number of fused-ring (bicyclic) bond motifs is 2. The topological polar surface area (TPSA) is 67.0 Å². The third-order valence-electron chi connectivity index (χ3n) is 4.70. The molecular weight excluding hydrogens is 290 g/mol. The number of rotatable bonds is 3.